The van der Waals surface area contributed by atoms with Gasteiger partial charge in [0.1, 0.15) is 12.5 Å². The molecule has 514 valence electrons. The topological polar surface area (TPSA) is 264 Å². The third-order valence-electron chi connectivity index (χ3n) is 14.6. The lowest BCUT2D eigenvalue weighted by molar-refractivity contribution is -0.128. The van der Waals surface area contributed by atoms with E-state index in [-0.39, 0.29) is 100 Å². The van der Waals surface area contributed by atoms with Gasteiger partial charge in [-0.3, -0.25) is 38.4 Å². The molecule has 0 aliphatic rings. The molecular formula is C69H143N7O10. The molecule has 17 heteroatoms. The molecule has 0 saturated heterocycles. The zero-order valence-corrected chi connectivity index (χ0v) is 60.5. The lowest BCUT2D eigenvalue weighted by atomic mass is 9.90. The molecule has 7 amide bonds. The highest BCUT2D eigenvalue weighted by Crippen LogP contribution is 2.18. The van der Waals surface area contributed by atoms with Gasteiger partial charge in [0.2, 0.25) is 41.4 Å². The van der Waals surface area contributed by atoms with Crippen molar-refractivity contribution in [2.24, 2.45) is 46.7 Å². The van der Waals surface area contributed by atoms with E-state index in [1.54, 1.807) is 0 Å². The summed E-state index contributed by atoms with van der Waals surface area (Å²) >= 11 is 0. The highest BCUT2D eigenvalue weighted by Gasteiger charge is 2.24. The number of ketones is 1. The van der Waals surface area contributed by atoms with Crippen LogP contribution >= 0.6 is 0 Å². The first-order valence-corrected chi connectivity index (χ1v) is 33.8. The number of ether oxygens (including phenoxy) is 1. The summed E-state index contributed by atoms with van der Waals surface area (Å²) in [5, 5.41) is 25.4. The van der Waals surface area contributed by atoms with Crippen LogP contribution in [0.3, 0.4) is 0 Å². The molecule has 17 nitrogen and oxygen atoms in total. The SMILES string of the molecule is CCC(C)(C)C(N)=O.CCC(C)C(=O)NC(C)(C)C.CCC(C)C(=O)NC(C)(C)CC(C)=O.CCC(C)C(=O)NCCO.CCCCCCCCCCCCNC(=O)C(C)CC.CCCCNC(=O)C(C)CC.CCCCOCNC(=O)C(C)CC. The molecule has 0 aromatic carbocycles. The van der Waals surface area contributed by atoms with Crippen molar-refractivity contribution in [3.05, 3.63) is 0 Å². The van der Waals surface area contributed by atoms with Gasteiger partial charge in [-0.1, -0.05) is 195 Å². The standard InChI is InChI=1S/C17H35NO.C11H21NO2.C10H21NO2.2C9H19NO.C7H15NO2.C6H13NO/c1-4-6-7-8-9-10-11-12-13-14-15-18-17(19)16(3)5-2;1-6-8(2)10(14)12-11(4,5)7-9(3)13;1-4-6-7-13-8-11-10(12)9(3)5-2;1-6-7(2)8(11)10-9(3,4)5;1-4-6-7-10-9(11)8(3)5-2;1-3-6(2)7(10)8-4-5-9;1-4-6(2,3)5(7)8/h16H,4-15H2,1-3H3,(H,18,19);8H,6-7H2,1-5H3,(H,12,14);9H,4-8H2,1-3H3,(H,11,12);7H,6H2,1-5H3,(H,10,11);8H,4-7H2,1-3H3,(H,10,11);6,9H,3-5H2,1-2H3,(H,8,10);4H2,1-3H3,(H2,7,8). The Hall–Kier alpha value is -4.12. The van der Waals surface area contributed by atoms with Crippen LogP contribution in [-0.4, -0.2) is 103 Å². The molecule has 0 heterocycles. The number of Topliss-reactive ketones (excluding diaryl/α,β-unsaturated/α-hetero) is 1. The number of carbonyl (C=O) groups is 8. The predicted octanol–water partition coefficient (Wildman–Crippen LogP) is 13.8. The summed E-state index contributed by atoms with van der Waals surface area (Å²) in [6.07, 6.45) is 24.4. The maximum absolute atomic E-state index is 11.5. The number of carbonyl (C=O) groups excluding carboxylic acids is 8. The molecule has 86 heavy (non-hydrogen) atoms. The summed E-state index contributed by atoms with van der Waals surface area (Å²) in [7, 11) is 0. The van der Waals surface area contributed by atoms with E-state index in [2.05, 4.69) is 59.6 Å². The second kappa shape index (κ2) is 62.5. The van der Waals surface area contributed by atoms with Gasteiger partial charge in [-0.25, -0.2) is 0 Å². The minimum absolute atomic E-state index is 0.0150. The largest absolute Gasteiger partial charge is 0.395 e. The number of rotatable bonds is 38. The number of aliphatic hydroxyl groups excluding tert-OH is 1. The van der Waals surface area contributed by atoms with E-state index in [0.717, 1.165) is 96.7 Å². The quantitative estimate of drug-likeness (QED) is 0.0214. The molecule has 0 aromatic rings. The summed E-state index contributed by atoms with van der Waals surface area (Å²) in [6.45, 7) is 50.2. The van der Waals surface area contributed by atoms with E-state index in [1.165, 1.54) is 64.7 Å². The van der Waals surface area contributed by atoms with Crippen LogP contribution in [0.4, 0.5) is 0 Å². The number of nitrogens with one attached hydrogen (secondary N) is 6. The molecule has 0 aliphatic heterocycles. The van der Waals surface area contributed by atoms with E-state index >= 15 is 0 Å². The lowest BCUT2D eigenvalue weighted by Crippen LogP contribution is -2.46. The molecule has 6 unspecified atom stereocenters. The maximum atomic E-state index is 11.5. The Morgan fingerprint density at radius 3 is 1.03 bits per heavy atom. The fraction of sp³-hybridized carbons (Fsp3) is 0.884. The number of primary amides is 1. The molecule has 0 saturated carbocycles. The fourth-order valence-corrected chi connectivity index (χ4v) is 6.43. The third-order valence-corrected chi connectivity index (χ3v) is 14.6. The van der Waals surface area contributed by atoms with Gasteiger partial charge in [0.15, 0.2) is 0 Å². The van der Waals surface area contributed by atoms with E-state index in [9.17, 15) is 38.4 Å². The number of aliphatic hydroxyl groups is 1. The van der Waals surface area contributed by atoms with E-state index in [1.807, 2.05) is 132 Å². The van der Waals surface area contributed by atoms with Crippen LogP contribution in [0, 0.1) is 40.9 Å². The number of hydrogen-bond acceptors (Lipinski definition) is 10. The van der Waals surface area contributed by atoms with Crippen LogP contribution < -0.4 is 37.6 Å². The molecule has 0 fully saturated rings. The Labute approximate surface area is 529 Å². The first-order chi connectivity index (χ1) is 40.0. The van der Waals surface area contributed by atoms with Gasteiger partial charge >= 0.3 is 0 Å². The summed E-state index contributed by atoms with van der Waals surface area (Å²) in [5.74, 6) is 1.22. The Morgan fingerprint density at radius 2 is 0.733 bits per heavy atom. The fourth-order valence-electron chi connectivity index (χ4n) is 6.43. The number of hydrogen-bond donors (Lipinski definition) is 8. The Morgan fingerprint density at radius 1 is 0.419 bits per heavy atom. The third kappa shape index (κ3) is 69.0. The van der Waals surface area contributed by atoms with Crippen molar-refractivity contribution in [1.82, 2.24) is 31.9 Å². The Bertz CT molecular complexity index is 1670. The average molecular weight is 1230 g/mol. The number of amides is 7. The van der Waals surface area contributed by atoms with Gasteiger partial charge in [-0.05, 0) is 106 Å². The van der Waals surface area contributed by atoms with Crippen molar-refractivity contribution in [2.45, 2.75) is 319 Å². The normalized spacial score (nSPS) is 12.8. The second-order valence-electron chi connectivity index (χ2n) is 25.5. The molecule has 0 rings (SSSR count). The van der Waals surface area contributed by atoms with Gasteiger partial charge < -0.3 is 47.5 Å². The van der Waals surface area contributed by atoms with Crippen LogP contribution in [-0.2, 0) is 43.1 Å². The first kappa shape index (κ1) is 95.5. The smallest absolute Gasteiger partial charge is 0.224 e. The minimum atomic E-state index is -0.424. The average Bonchev–Trinajstić information content (AvgIpc) is 3.49. The van der Waals surface area contributed by atoms with Gasteiger partial charge in [0.05, 0.1) is 6.61 Å². The predicted molar refractivity (Wildman–Crippen MR) is 362 cm³/mol. The van der Waals surface area contributed by atoms with Crippen LogP contribution in [0.1, 0.15) is 307 Å². The first-order valence-electron chi connectivity index (χ1n) is 33.8. The Kier molecular flexibility index (Phi) is 69.4. The molecule has 9 N–H and O–H groups in total. The summed E-state index contributed by atoms with van der Waals surface area (Å²) < 4.78 is 5.21. The van der Waals surface area contributed by atoms with Crippen LogP contribution in [0.5, 0.6) is 0 Å². The highest BCUT2D eigenvalue weighted by molar-refractivity contribution is 5.82. The monoisotopic (exact) mass is 1230 g/mol. The van der Waals surface area contributed by atoms with Crippen molar-refractivity contribution in [1.29, 1.82) is 0 Å². The van der Waals surface area contributed by atoms with Crippen LogP contribution in [0.2, 0.25) is 0 Å². The van der Waals surface area contributed by atoms with Crippen molar-refractivity contribution in [3.8, 4) is 0 Å². The molecule has 6 atom stereocenters. The van der Waals surface area contributed by atoms with Crippen LogP contribution in [0.25, 0.3) is 0 Å². The van der Waals surface area contributed by atoms with Gasteiger partial charge in [0, 0.05) is 84.7 Å². The minimum Gasteiger partial charge on any atom is -0.395 e. The second-order valence-corrected chi connectivity index (χ2v) is 25.5. The highest BCUT2D eigenvalue weighted by atomic mass is 16.5. The maximum Gasteiger partial charge on any atom is 0.224 e. The summed E-state index contributed by atoms with van der Waals surface area (Å²) in [5.41, 5.74) is 4.20. The van der Waals surface area contributed by atoms with Crippen molar-refractivity contribution in [3.63, 3.8) is 0 Å². The van der Waals surface area contributed by atoms with E-state index in [0.29, 0.717) is 19.7 Å². The molecule has 0 radical (unpaired) electrons. The molecule has 0 aliphatic carbocycles. The van der Waals surface area contributed by atoms with Gasteiger partial charge in [-0.15, -0.1) is 0 Å². The molecule has 0 bridgehead atoms. The molecule has 0 aromatic heterocycles. The van der Waals surface area contributed by atoms with Gasteiger partial charge in [0.25, 0.3) is 0 Å². The van der Waals surface area contributed by atoms with Crippen molar-refractivity contribution in [2.75, 3.05) is 39.6 Å². The number of nitrogens with two attached hydrogens (primary N) is 1. The van der Waals surface area contributed by atoms with Gasteiger partial charge in [-0.2, -0.15) is 0 Å². The van der Waals surface area contributed by atoms with Crippen molar-refractivity contribution >= 4 is 47.1 Å². The summed E-state index contributed by atoms with van der Waals surface area (Å²) in [6, 6.07) is 0. The lowest BCUT2D eigenvalue weighted by Gasteiger charge is -2.26. The Balaban J connectivity index is -0.000000172. The van der Waals surface area contributed by atoms with E-state index < -0.39 is 5.54 Å². The summed E-state index contributed by atoms with van der Waals surface area (Å²) in [4.78, 5) is 89.0. The zero-order chi connectivity index (χ0) is 68.3. The van der Waals surface area contributed by atoms with E-state index in [4.69, 9.17) is 15.6 Å². The molecular weight excluding hydrogens is 1090 g/mol. The molecule has 0 spiro atoms. The number of unbranched alkanes of at least 4 members (excludes halogenated alkanes) is 11. The van der Waals surface area contributed by atoms with Crippen LogP contribution in [0.15, 0.2) is 0 Å². The zero-order valence-electron chi connectivity index (χ0n) is 60.5. The van der Waals surface area contributed by atoms with Crippen molar-refractivity contribution < 1.29 is 48.2 Å².